The predicted molar refractivity (Wildman–Crippen MR) is 103 cm³/mol. The van der Waals surface area contributed by atoms with Crippen molar-refractivity contribution < 1.29 is 19.1 Å². The maximum Gasteiger partial charge on any atom is 0.227 e. The van der Waals surface area contributed by atoms with E-state index in [4.69, 9.17) is 9.47 Å². The molecule has 2 amide bonds. The van der Waals surface area contributed by atoms with Crippen LogP contribution in [0.3, 0.4) is 0 Å². The molecule has 7 heteroatoms. The predicted octanol–water partition coefficient (Wildman–Crippen LogP) is 1.28. The van der Waals surface area contributed by atoms with E-state index >= 15 is 0 Å². The zero-order chi connectivity index (χ0) is 19.1. The second-order valence-corrected chi connectivity index (χ2v) is 6.90. The molecule has 2 saturated heterocycles. The molecule has 2 aliphatic heterocycles. The van der Waals surface area contributed by atoms with Gasteiger partial charge in [0.1, 0.15) is 5.75 Å². The van der Waals surface area contributed by atoms with Crippen molar-refractivity contribution in [3.05, 3.63) is 24.3 Å². The van der Waals surface area contributed by atoms with E-state index in [2.05, 4.69) is 10.2 Å². The summed E-state index contributed by atoms with van der Waals surface area (Å²) in [5, 5.41) is 2.99. The topological polar surface area (TPSA) is 71.1 Å². The molecule has 0 saturated carbocycles. The molecule has 2 aliphatic rings. The Morgan fingerprint density at radius 1 is 1.30 bits per heavy atom. The van der Waals surface area contributed by atoms with E-state index in [-0.39, 0.29) is 24.2 Å². The summed E-state index contributed by atoms with van der Waals surface area (Å²) in [5.74, 6) is 0.299. The van der Waals surface area contributed by atoms with Crippen LogP contribution in [0.4, 0.5) is 5.69 Å². The van der Waals surface area contributed by atoms with Gasteiger partial charge in [0.15, 0.2) is 0 Å². The van der Waals surface area contributed by atoms with Gasteiger partial charge in [-0.25, -0.2) is 0 Å². The number of carbonyl (C=O) groups is 2. The number of carbonyl (C=O) groups excluding carboxylic acids is 2. The van der Waals surface area contributed by atoms with Crippen molar-refractivity contribution in [3.63, 3.8) is 0 Å². The maximum absolute atomic E-state index is 12.5. The standard InChI is InChI=1S/C20H29N3O4/c1-2-27-18-7-4-3-6-17(18)23-15-16(14-19(23)24)20(25)21-8-5-9-22-10-12-26-13-11-22/h3-4,6-7,16H,2,5,8-15H2,1H3,(H,21,25). The molecule has 0 aliphatic carbocycles. The minimum atomic E-state index is -0.310. The number of morpholine rings is 1. The molecule has 0 spiro atoms. The summed E-state index contributed by atoms with van der Waals surface area (Å²) in [6, 6.07) is 7.48. The molecular formula is C20H29N3O4. The Hall–Kier alpha value is -2.12. The molecule has 1 unspecified atom stereocenters. The summed E-state index contributed by atoms with van der Waals surface area (Å²) >= 11 is 0. The first kappa shape index (κ1) is 19.6. The fourth-order valence-corrected chi connectivity index (χ4v) is 3.56. The van der Waals surface area contributed by atoms with Crippen LogP contribution >= 0.6 is 0 Å². The quantitative estimate of drug-likeness (QED) is 0.693. The van der Waals surface area contributed by atoms with E-state index in [9.17, 15) is 9.59 Å². The number of benzene rings is 1. The van der Waals surface area contributed by atoms with Crippen molar-refractivity contribution in [1.29, 1.82) is 0 Å². The van der Waals surface area contributed by atoms with Gasteiger partial charge >= 0.3 is 0 Å². The molecule has 1 aromatic carbocycles. The molecule has 148 valence electrons. The largest absolute Gasteiger partial charge is 0.492 e. The fourth-order valence-electron chi connectivity index (χ4n) is 3.56. The van der Waals surface area contributed by atoms with E-state index in [1.165, 1.54) is 0 Å². The highest BCUT2D eigenvalue weighted by Crippen LogP contribution is 2.33. The Morgan fingerprint density at radius 2 is 2.07 bits per heavy atom. The summed E-state index contributed by atoms with van der Waals surface area (Å²) in [4.78, 5) is 28.9. The normalized spacial score (nSPS) is 20.7. The Bertz CT molecular complexity index is 646. The van der Waals surface area contributed by atoms with Crippen LogP contribution in [-0.4, -0.2) is 69.3 Å². The highest BCUT2D eigenvalue weighted by atomic mass is 16.5. The zero-order valence-corrected chi connectivity index (χ0v) is 16.0. The van der Waals surface area contributed by atoms with Gasteiger partial charge in [0.25, 0.3) is 0 Å². The number of amides is 2. The number of anilines is 1. The smallest absolute Gasteiger partial charge is 0.227 e. The summed E-state index contributed by atoms with van der Waals surface area (Å²) in [6.45, 7) is 7.93. The molecule has 3 rings (SSSR count). The van der Waals surface area contributed by atoms with Crippen LogP contribution in [0.1, 0.15) is 19.8 Å². The third kappa shape index (κ3) is 5.20. The number of nitrogens with zero attached hydrogens (tertiary/aromatic N) is 2. The number of para-hydroxylation sites is 2. The van der Waals surface area contributed by atoms with Crippen molar-refractivity contribution in [2.75, 3.05) is 57.4 Å². The molecule has 0 radical (unpaired) electrons. The van der Waals surface area contributed by atoms with Gasteiger partial charge in [-0.05, 0) is 32.0 Å². The Labute approximate surface area is 160 Å². The van der Waals surface area contributed by atoms with Gasteiger partial charge in [0.05, 0.1) is 31.4 Å². The van der Waals surface area contributed by atoms with E-state index in [0.717, 1.165) is 45.0 Å². The molecular weight excluding hydrogens is 346 g/mol. The molecule has 2 fully saturated rings. The Kier molecular flexibility index (Phi) is 7.06. The lowest BCUT2D eigenvalue weighted by Gasteiger charge is -2.26. The molecule has 0 aromatic heterocycles. The lowest BCUT2D eigenvalue weighted by Crippen LogP contribution is -2.39. The average molecular weight is 375 g/mol. The number of ether oxygens (including phenoxy) is 2. The van der Waals surface area contributed by atoms with Gasteiger partial charge in [-0.1, -0.05) is 12.1 Å². The molecule has 1 N–H and O–H groups in total. The van der Waals surface area contributed by atoms with Crippen LogP contribution in [0.25, 0.3) is 0 Å². The first-order chi connectivity index (χ1) is 13.2. The van der Waals surface area contributed by atoms with Crippen molar-refractivity contribution in [3.8, 4) is 5.75 Å². The van der Waals surface area contributed by atoms with Gasteiger partial charge < -0.3 is 19.7 Å². The van der Waals surface area contributed by atoms with Crippen molar-refractivity contribution >= 4 is 17.5 Å². The third-order valence-corrected chi connectivity index (χ3v) is 5.01. The first-order valence-electron chi connectivity index (χ1n) is 9.79. The van der Waals surface area contributed by atoms with Gasteiger partial charge in [0, 0.05) is 32.6 Å². The molecule has 2 heterocycles. The highest BCUT2D eigenvalue weighted by molar-refractivity contribution is 6.01. The van der Waals surface area contributed by atoms with Crippen LogP contribution < -0.4 is 15.0 Å². The summed E-state index contributed by atoms with van der Waals surface area (Å²) in [7, 11) is 0. The molecule has 1 atom stereocenters. The minimum Gasteiger partial charge on any atom is -0.492 e. The third-order valence-electron chi connectivity index (χ3n) is 5.01. The number of rotatable bonds is 8. The molecule has 0 bridgehead atoms. The van der Waals surface area contributed by atoms with E-state index < -0.39 is 0 Å². The van der Waals surface area contributed by atoms with Crippen molar-refractivity contribution in [2.24, 2.45) is 5.92 Å². The van der Waals surface area contributed by atoms with Gasteiger partial charge in [-0.3, -0.25) is 14.5 Å². The van der Waals surface area contributed by atoms with Crippen LogP contribution in [0.5, 0.6) is 5.75 Å². The fraction of sp³-hybridized carbons (Fsp3) is 0.600. The molecule has 7 nitrogen and oxygen atoms in total. The lowest BCUT2D eigenvalue weighted by molar-refractivity contribution is -0.126. The van der Waals surface area contributed by atoms with Gasteiger partial charge in [0.2, 0.25) is 11.8 Å². The van der Waals surface area contributed by atoms with Crippen molar-refractivity contribution in [2.45, 2.75) is 19.8 Å². The van der Waals surface area contributed by atoms with E-state index in [1.807, 2.05) is 31.2 Å². The van der Waals surface area contributed by atoms with Gasteiger partial charge in [-0.15, -0.1) is 0 Å². The molecule has 1 aromatic rings. The SMILES string of the molecule is CCOc1ccccc1N1CC(C(=O)NCCCN2CCOCC2)CC1=O. The molecule has 27 heavy (non-hydrogen) atoms. The van der Waals surface area contributed by atoms with Crippen LogP contribution in [0.15, 0.2) is 24.3 Å². The first-order valence-corrected chi connectivity index (χ1v) is 9.79. The second kappa shape index (κ2) is 9.71. The number of nitrogens with one attached hydrogen (secondary N) is 1. The van der Waals surface area contributed by atoms with Crippen LogP contribution in [0.2, 0.25) is 0 Å². The van der Waals surface area contributed by atoms with Crippen LogP contribution in [0, 0.1) is 5.92 Å². The lowest BCUT2D eigenvalue weighted by atomic mass is 10.1. The minimum absolute atomic E-state index is 0.0318. The average Bonchev–Trinajstić information content (AvgIpc) is 3.08. The highest BCUT2D eigenvalue weighted by Gasteiger charge is 2.36. The number of hydrogen-bond donors (Lipinski definition) is 1. The van der Waals surface area contributed by atoms with Crippen molar-refractivity contribution in [1.82, 2.24) is 10.2 Å². The Balaban J connectivity index is 1.47. The summed E-state index contributed by atoms with van der Waals surface area (Å²) in [5.41, 5.74) is 0.743. The summed E-state index contributed by atoms with van der Waals surface area (Å²) in [6.07, 6.45) is 1.15. The van der Waals surface area contributed by atoms with Crippen LogP contribution in [-0.2, 0) is 14.3 Å². The maximum atomic E-state index is 12.5. The van der Waals surface area contributed by atoms with E-state index in [0.29, 0.717) is 25.4 Å². The van der Waals surface area contributed by atoms with E-state index in [1.54, 1.807) is 4.90 Å². The second-order valence-electron chi connectivity index (χ2n) is 6.90. The van der Waals surface area contributed by atoms with Gasteiger partial charge in [-0.2, -0.15) is 0 Å². The zero-order valence-electron chi connectivity index (χ0n) is 16.0. The Morgan fingerprint density at radius 3 is 2.85 bits per heavy atom. The number of hydrogen-bond acceptors (Lipinski definition) is 5. The summed E-state index contributed by atoms with van der Waals surface area (Å²) < 4.78 is 11.0. The monoisotopic (exact) mass is 375 g/mol.